The fourth-order valence-electron chi connectivity index (χ4n) is 2.25. The van der Waals surface area contributed by atoms with E-state index in [0.29, 0.717) is 38.6 Å². The van der Waals surface area contributed by atoms with Crippen LogP contribution in [0, 0.1) is 5.92 Å². The maximum absolute atomic E-state index is 12.4. The van der Waals surface area contributed by atoms with Gasteiger partial charge in [0, 0.05) is 26.6 Å². The predicted octanol–water partition coefficient (Wildman–Crippen LogP) is 2.43. The Morgan fingerprint density at radius 2 is 2.00 bits per heavy atom. The highest BCUT2D eigenvalue weighted by Gasteiger charge is 2.15. The van der Waals surface area contributed by atoms with Gasteiger partial charge in [-0.3, -0.25) is 4.79 Å². The van der Waals surface area contributed by atoms with Crippen LogP contribution in [-0.4, -0.2) is 37.6 Å². The minimum atomic E-state index is 0.194. The molecular weight excluding hydrogens is 264 g/mol. The van der Waals surface area contributed by atoms with E-state index in [1.807, 2.05) is 35.2 Å². The van der Waals surface area contributed by atoms with E-state index in [4.69, 9.17) is 10.5 Å². The molecule has 0 saturated carbocycles. The third-order valence-electron chi connectivity index (χ3n) is 3.64. The van der Waals surface area contributed by atoms with E-state index in [9.17, 15) is 4.79 Å². The molecule has 0 aliphatic rings. The van der Waals surface area contributed by atoms with Gasteiger partial charge in [-0.25, -0.2) is 0 Å². The fourth-order valence-corrected chi connectivity index (χ4v) is 2.25. The Morgan fingerprint density at radius 3 is 2.62 bits per heavy atom. The van der Waals surface area contributed by atoms with Gasteiger partial charge in [0.15, 0.2) is 0 Å². The zero-order chi connectivity index (χ0) is 15.5. The lowest BCUT2D eigenvalue weighted by atomic mass is 10.0. The molecule has 2 N–H and O–H groups in total. The first-order valence-corrected chi connectivity index (χ1v) is 7.68. The molecule has 1 atom stereocenters. The Labute approximate surface area is 128 Å². The van der Waals surface area contributed by atoms with E-state index in [1.165, 1.54) is 0 Å². The molecule has 0 heterocycles. The van der Waals surface area contributed by atoms with Gasteiger partial charge in [0.05, 0.1) is 6.61 Å². The van der Waals surface area contributed by atoms with Crippen LogP contribution in [0.2, 0.25) is 0 Å². The highest BCUT2D eigenvalue weighted by molar-refractivity contribution is 5.76. The Morgan fingerprint density at radius 1 is 1.29 bits per heavy atom. The van der Waals surface area contributed by atoms with Crippen LogP contribution in [0.25, 0.3) is 0 Å². The van der Waals surface area contributed by atoms with Gasteiger partial charge in [-0.15, -0.1) is 0 Å². The number of benzene rings is 1. The van der Waals surface area contributed by atoms with Crippen LogP contribution in [0.4, 0.5) is 0 Å². The van der Waals surface area contributed by atoms with Gasteiger partial charge in [0.2, 0.25) is 5.91 Å². The molecule has 0 aliphatic carbocycles. The highest BCUT2D eigenvalue weighted by atomic mass is 16.5. The van der Waals surface area contributed by atoms with E-state index in [0.717, 1.165) is 18.4 Å². The van der Waals surface area contributed by atoms with Crippen molar-refractivity contribution in [3.8, 4) is 0 Å². The number of amides is 1. The number of nitrogens with two attached hydrogens (primary N) is 1. The molecule has 0 aliphatic heterocycles. The van der Waals surface area contributed by atoms with Crippen LogP contribution in [0.15, 0.2) is 30.3 Å². The molecule has 1 amide bonds. The lowest BCUT2D eigenvalue weighted by molar-refractivity contribution is -0.132. The van der Waals surface area contributed by atoms with E-state index in [-0.39, 0.29) is 5.91 Å². The summed E-state index contributed by atoms with van der Waals surface area (Å²) in [6.07, 6.45) is 2.45. The molecule has 0 radical (unpaired) electrons. The van der Waals surface area contributed by atoms with Crippen molar-refractivity contribution in [3.63, 3.8) is 0 Å². The van der Waals surface area contributed by atoms with Crippen LogP contribution in [0.1, 0.15) is 31.7 Å². The van der Waals surface area contributed by atoms with Gasteiger partial charge in [-0.1, -0.05) is 37.3 Å². The minimum Gasteiger partial charge on any atom is -0.383 e. The molecule has 1 rings (SSSR count). The van der Waals surface area contributed by atoms with Gasteiger partial charge in [-0.05, 0) is 30.9 Å². The molecule has 0 bridgehead atoms. The molecule has 1 aromatic rings. The summed E-state index contributed by atoms with van der Waals surface area (Å²) in [6, 6.07) is 10.1. The monoisotopic (exact) mass is 292 g/mol. The summed E-state index contributed by atoms with van der Waals surface area (Å²) in [4.78, 5) is 14.3. The minimum absolute atomic E-state index is 0.194. The zero-order valence-corrected chi connectivity index (χ0v) is 13.3. The number of carbonyl (C=O) groups excluding carboxylic acids is 1. The summed E-state index contributed by atoms with van der Waals surface area (Å²) in [5.41, 5.74) is 6.70. The number of ether oxygens (including phenoxy) is 1. The van der Waals surface area contributed by atoms with E-state index < -0.39 is 0 Å². The molecule has 0 spiro atoms. The molecule has 0 saturated heterocycles. The quantitative estimate of drug-likeness (QED) is 0.720. The zero-order valence-electron chi connectivity index (χ0n) is 13.3. The van der Waals surface area contributed by atoms with Crippen LogP contribution < -0.4 is 5.73 Å². The first kappa shape index (κ1) is 17.7. The maximum Gasteiger partial charge on any atom is 0.222 e. The van der Waals surface area contributed by atoms with Crippen molar-refractivity contribution in [2.75, 3.05) is 26.8 Å². The SMILES string of the molecule is COCCN(Cc1ccccc1)C(=O)CCC(C)CCN. The van der Waals surface area contributed by atoms with Crippen LogP contribution >= 0.6 is 0 Å². The van der Waals surface area contributed by atoms with Crippen molar-refractivity contribution in [2.45, 2.75) is 32.7 Å². The lowest BCUT2D eigenvalue weighted by Gasteiger charge is -2.23. The van der Waals surface area contributed by atoms with Crippen LogP contribution in [0.5, 0.6) is 0 Å². The topological polar surface area (TPSA) is 55.6 Å². The molecule has 4 nitrogen and oxygen atoms in total. The van der Waals surface area contributed by atoms with Crippen molar-refractivity contribution in [1.82, 2.24) is 4.90 Å². The highest BCUT2D eigenvalue weighted by Crippen LogP contribution is 2.12. The van der Waals surface area contributed by atoms with E-state index in [2.05, 4.69) is 6.92 Å². The first-order chi connectivity index (χ1) is 10.2. The number of hydrogen-bond donors (Lipinski definition) is 1. The Kier molecular flexibility index (Phi) is 8.71. The second kappa shape index (κ2) is 10.4. The molecular formula is C17H28N2O2. The average Bonchev–Trinajstić information content (AvgIpc) is 2.50. The third-order valence-corrected chi connectivity index (χ3v) is 3.64. The fraction of sp³-hybridized carbons (Fsp3) is 0.588. The van der Waals surface area contributed by atoms with Crippen molar-refractivity contribution in [1.29, 1.82) is 0 Å². The molecule has 0 fully saturated rings. The van der Waals surface area contributed by atoms with Crippen molar-refractivity contribution in [3.05, 3.63) is 35.9 Å². The second-order valence-electron chi connectivity index (χ2n) is 5.51. The second-order valence-corrected chi connectivity index (χ2v) is 5.51. The van der Waals surface area contributed by atoms with Gasteiger partial charge < -0.3 is 15.4 Å². The van der Waals surface area contributed by atoms with Gasteiger partial charge >= 0.3 is 0 Å². The smallest absolute Gasteiger partial charge is 0.222 e. The molecule has 21 heavy (non-hydrogen) atoms. The van der Waals surface area contributed by atoms with E-state index >= 15 is 0 Å². The summed E-state index contributed by atoms with van der Waals surface area (Å²) in [5.74, 6) is 0.694. The van der Waals surface area contributed by atoms with Gasteiger partial charge in [0.1, 0.15) is 0 Å². The molecule has 4 heteroatoms. The van der Waals surface area contributed by atoms with Crippen molar-refractivity contribution in [2.24, 2.45) is 11.7 Å². The summed E-state index contributed by atoms with van der Waals surface area (Å²) >= 11 is 0. The Balaban J connectivity index is 2.53. The summed E-state index contributed by atoms with van der Waals surface area (Å²) in [6.45, 7) is 4.68. The third kappa shape index (κ3) is 7.25. The predicted molar refractivity (Wildman–Crippen MR) is 85.8 cm³/mol. The summed E-state index contributed by atoms with van der Waals surface area (Å²) in [7, 11) is 1.66. The van der Waals surface area contributed by atoms with Gasteiger partial charge in [0.25, 0.3) is 0 Å². The maximum atomic E-state index is 12.4. The van der Waals surface area contributed by atoms with E-state index in [1.54, 1.807) is 7.11 Å². The van der Waals surface area contributed by atoms with Crippen LogP contribution in [-0.2, 0) is 16.1 Å². The van der Waals surface area contributed by atoms with Crippen molar-refractivity contribution < 1.29 is 9.53 Å². The summed E-state index contributed by atoms with van der Waals surface area (Å²) in [5, 5.41) is 0. The normalized spacial score (nSPS) is 12.1. The Hall–Kier alpha value is -1.39. The Bertz CT molecular complexity index is 395. The summed E-state index contributed by atoms with van der Waals surface area (Å²) < 4.78 is 5.11. The van der Waals surface area contributed by atoms with Crippen LogP contribution in [0.3, 0.4) is 0 Å². The molecule has 1 aromatic carbocycles. The lowest BCUT2D eigenvalue weighted by Crippen LogP contribution is -2.33. The average molecular weight is 292 g/mol. The largest absolute Gasteiger partial charge is 0.383 e. The molecule has 0 aromatic heterocycles. The number of carbonyl (C=O) groups is 1. The standard InChI is InChI=1S/C17H28N2O2/c1-15(10-11-18)8-9-17(20)19(12-13-21-2)14-16-6-4-3-5-7-16/h3-7,15H,8-14,18H2,1-2H3. The van der Waals surface area contributed by atoms with Crippen molar-refractivity contribution >= 4 is 5.91 Å². The number of nitrogens with zero attached hydrogens (tertiary/aromatic N) is 1. The number of methoxy groups -OCH3 is 1. The number of hydrogen-bond acceptors (Lipinski definition) is 3. The molecule has 118 valence electrons. The van der Waals surface area contributed by atoms with Gasteiger partial charge in [-0.2, -0.15) is 0 Å². The number of rotatable bonds is 10. The molecule has 1 unspecified atom stereocenters. The first-order valence-electron chi connectivity index (χ1n) is 7.68.